The molecule has 0 amide bonds. The predicted molar refractivity (Wildman–Crippen MR) is 78.9 cm³/mol. The highest BCUT2D eigenvalue weighted by Crippen LogP contribution is 2.20. The highest BCUT2D eigenvalue weighted by molar-refractivity contribution is 7.89. The minimum absolute atomic E-state index is 0.337. The Kier molecular flexibility index (Phi) is 6.48. The second kappa shape index (κ2) is 7.62. The summed E-state index contributed by atoms with van der Waals surface area (Å²) < 4.78 is 26.6. The Labute approximate surface area is 116 Å². The fourth-order valence-electron chi connectivity index (χ4n) is 1.77. The zero-order valence-electron chi connectivity index (χ0n) is 11.9. The van der Waals surface area contributed by atoms with Gasteiger partial charge in [-0.15, -0.1) is 0 Å². The van der Waals surface area contributed by atoms with Crippen LogP contribution in [0.5, 0.6) is 0 Å². The van der Waals surface area contributed by atoms with Gasteiger partial charge >= 0.3 is 0 Å². The van der Waals surface area contributed by atoms with Crippen LogP contribution >= 0.6 is 0 Å². The first kappa shape index (κ1) is 16.1. The molecule has 0 fully saturated rings. The number of rotatable bonds is 8. The zero-order valence-corrected chi connectivity index (χ0v) is 12.8. The van der Waals surface area contributed by atoms with Crippen LogP contribution < -0.4 is 10.0 Å². The SMILES string of the molecule is CCC(C)c1ccc(S(=O)(=O)NCCCNC)cc1. The first-order valence-corrected chi connectivity index (χ1v) is 8.23. The minimum atomic E-state index is -3.37. The first-order valence-electron chi connectivity index (χ1n) is 6.75. The molecule has 0 aliphatic rings. The number of benzene rings is 1. The molecule has 19 heavy (non-hydrogen) atoms. The monoisotopic (exact) mass is 284 g/mol. The minimum Gasteiger partial charge on any atom is -0.320 e. The third-order valence-electron chi connectivity index (χ3n) is 3.27. The van der Waals surface area contributed by atoms with Crippen LogP contribution in [0.1, 0.15) is 38.2 Å². The topological polar surface area (TPSA) is 58.2 Å². The molecule has 1 unspecified atom stereocenters. The van der Waals surface area contributed by atoms with Gasteiger partial charge in [0.25, 0.3) is 0 Å². The number of sulfonamides is 1. The van der Waals surface area contributed by atoms with E-state index in [1.807, 2.05) is 19.2 Å². The normalized spacial score (nSPS) is 13.4. The van der Waals surface area contributed by atoms with Crippen LogP contribution in [0.2, 0.25) is 0 Å². The van der Waals surface area contributed by atoms with Gasteiger partial charge in [-0.25, -0.2) is 13.1 Å². The van der Waals surface area contributed by atoms with Crippen molar-refractivity contribution in [2.24, 2.45) is 0 Å². The lowest BCUT2D eigenvalue weighted by Gasteiger charge is -2.10. The molecule has 0 radical (unpaired) electrons. The third-order valence-corrected chi connectivity index (χ3v) is 4.74. The fraction of sp³-hybridized carbons (Fsp3) is 0.571. The lowest BCUT2D eigenvalue weighted by Crippen LogP contribution is -2.26. The molecule has 4 nitrogen and oxygen atoms in total. The summed E-state index contributed by atoms with van der Waals surface area (Å²) in [6.45, 7) is 5.52. The molecule has 5 heteroatoms. The van der Waals surface area contributed by atoms with Gasteiger partial charge in [0.15, 0.2) is 0 Å². The molecule has 1 rings (SSSR count). The Hall–Kier alpha value is -0.910. The molecular formula is C14H24N2O2S. The van der Waals surface area contributed by atoms with Gasteiger partial charge in [-0.3, -0.25) is 0 Å². The summed E-state index contributed by atoms with van der Waals surface area (Å²) in [4.78, 5) is 0.337. The van der Waals surface area contributed by atoms with Gasteiger partial charge in [-0.2, -0.15) is 0 Å². The van der Waals surface area contributed by atoms with Crippen molar-refractivity contribution in [3.8, 4) is 0 Å². The molecule has 0 aliphatic carbocycles. The second-order valence-corrected chi connectivity index (χ2v) is 6.50. The molecule has 0 spiro atoms. The molecule has 0 heterocycles. The van der Waals surface area contributed by atoms with Crippen LogP contribution in [-0.4, -0.2) is 28.6 Å². The van der Waals surface area contributed by atoms with E-state index in [-0.39, 0.29) is 0 Å². The van der Waals surface area contributed by atoms with E-state index < -0.39 is 10.0 Å². The Morgan fingerprint density at radius 1 is 1.16 bits per heavy atom. The number of hydrogen-bond donors (Lipinski definition) is 2. The van der Waals surface area contributed by atoms with Gasteiger partial charge in [0.05, 0.1) is 4.90 Å². The zero-order chi connectivity index (χ0) is 14.3. The lowest BCUT2D eigenvalue weighted by atomic mass is 9.99. The molecule has 0 aromatic heterocycles. The van der Waals surface area contributed by atoms with Gasteiger partial charge in [-0.1, -0.05) is 26.0 Å². The summed E-state index contributed by atoms with van der Waals surface area (Å²) in [5, 5.41) is 2.99. The van der Waals surface area contributed by atoms with E-state index in [4.69, 9.17) is 0 Å². The maximum Gasteiger partial charge on any atom is 0.240 e. The molecule has 1 aromatic rings. The molecule has 0 saturated carbocycles. The summed E-state index contributed by atoms with van der Waals surface area (Å²) in [5.74, 6) is 0.459. The first-order chi connectivity index (χ1) is 9.01. The quantitative estimate of drug-likeness (QED) is 0.719. The Morgan fingerprint density at radius 2 is 1.79 bits per heavy atom. The summed E-state index contributed by atoms with van der Waals surface area (Å²) in [5.41, 5.74) is 1.18. The maximum atomic E-state index is 12.0. The van der Waals surface area contributed by atoms with Crippen molar-refractivity contribution >= 4 is 10.0 Å². The van der Waals surface area contributed by atoms with Crippen molar-refractivity contribution in [2.75, 3.05) is 20.1 Å². The summed E-state index contributed by atoms with van der Waals surface area (Å²) in [6, 6.07) is 7.16. The predicted octanol–water partition coefficient (Wildman–Crippen LogP) is 2.09. The number of nitrogens with one attached hydrogen (secondary N) is 2. The second-order valence-electron chi connectivity index (χ2n) is 4.73. The average Bonchev–Trinajstić information content (AvgIpc) is 2.43. The van der Waals surface area contributed by atoms with E-state index in [0.29, 0.717) is 17.4 Å². The Morgan fingerprint density at radius 3 is 2.32 bits per heavy atom. The van der Waals surface area contributed by atoms with Gasteiger partial charge in [-0.05, 0) is 50.0 Å². The summed E-state index contributed by atoms with van der Waals surface area (Å²) >= 11 is 0. The highest BCUT2D eigenvalue weighted by Gasteiger charge is 2.13. The van der Waals surface area contributed by atoms with E-state index >= 15 is 0 Å². The average molecular weight is 284 g/mol. The number of hydrogen-bond acceptors (Lipinski definition) is 3. The molecule has 0 aliphatic heterocycles. The van der Waals surface area contributed by atoms with Gasteiger partial charge in [0, 0.05) is 6.54 Å². The standard InChI is InChI=1S/C14H24N2O2S/c1-4-12(2)13-6-8-14(9-7-13)19(17,18)16-11-5-10-15-3/h6-9,12,15-16H,4-5,10-11H2,1-3H3. The molecule has 2 N–H and O–H groups in total. The maximum absolute atomic E-state index is 12.0. The van der Waals surface area contributed by atoms with Gasteiger partial charge < -0.3 is 5.32 Å². The van der Waals surface area contributed by atoms with Crippen molar-refractivity contribution in [1.82, 2.24) is 10.0 Å². The van der Waals surface area contributed by atoms with Crippen LogP contribution in [0, 0.1) is 0 Å². The van der Waals surface area contributed by atoms with Crippen molar-refractivity contribution < 1.29 is 8.42 Å². The third kappa shape index (κ3) is 4.93. The molecule has 108 valence electrons. The van der Waals surface area contributed by atoms with E-state index in [1.54, 1.807) is 12.1 Å². The van der Waals surface area contributed by atoms with Crippen LogP contribution in [0.3, 0.4) is 0 Å². The van der Waals surface area contributed by atoms with E-state index in [9.17, 15) is 8.42 Å². The highest BCUT2D eigenvalue weighted by atomic mass is 32.2. The molecule has 0 bridgehead atoms. The van der Waals surface area contributed by atoms with Gasteiger partial charge in [0.2, 0.25) is 10.0 Å². The summed E-state index contributed by atoms with van der Waals surface area (Å²) in [7, 11) is -1.52. The molecule has 0 saturated heterocycles. The Bertz CT molecular complexity index is 469. The lowest BCUT2D eigenvalue weighted by molar-refractivity contribution is 0.577. The van der Waals surface area contributed by atoms with Gasteiger partial charge in [0.1, 0.15) is 0 Å². The molecular weight excluding hydrogens is 260 g/mol. The van der Waals surface area contributed by atoms with Crippen molar-refractivity contribution in [3.63, 3.8) is 0 Å². The molecule has 1 aromatic carbocycles. The van der Waals surface area contributed by atoms with Crippen LogP contribution in [0.15, 0.2) is 29.2 Å². The Balaban J connectivity index is 2.68. The fourth-order valence-corrected chi connectivity index (χ4v) is 2.84. The van der Waals surface area contributed by atoms with Crippen LogP contribution in [0.25, 0.3) is 0 Å². The van der Waals surface area contributed by atoms with Crippen molar-refractivity contribution in [3.05, 3.63) is 29.8 Å². The van der Waals surface area contributed by atoms with Crippen LogP contribution in [-0.2, 0) is 10.0 Å². The largest absolute Gasteiger partial charge is 0.320 e. The van der Waals surface area contributed by atoms with E-state index in [2.05, 4.69) is 23.9 Å². The van der Waals surface area contributed by atoms with Crippen LogP contribution in [0.4, 0.5) is 0 Å². The van der Waals surface area contributed by atoms with E-state index in [0.717, 1.165) is 19.4 Å². The van der Waals surface area contributed by atoms with E-state index in [1.165, 1.54) is 5.56 Å². The smallest absolute Gasteiger partial charge is 0.240 e. The molecule has 1 atom stereocenters. The van der Waals surface area contributed by atoms with Crippen molar-refractivity contribution in [1.29, 1.82) is 0 Å². The van der Waals surface area contributed by atoms with Crippen molar-refractivity contribution in [2.45, 2.75) is 37.5 Å². The summed E-state index contributed by atoms with van der Waals surface area (Å²) in [6.07, 6.45) is 1.83.